The molecule has 2 aromatic rings. The van der Waals surface area contributed by atoms with Crippen molar-refractivity contribution in [3.8, 4) is 0 Å². The Bertz CT molecular complexity index is 982. The number of hydrogen-bond donors (Lipinski definition) is 2. The maximum Gasteiger partial charge on any atom is 0.264 e. The van der Waals surface area contributed by atoms with Crippen LogP contribution in [-0.2, 0) is 31.6 Å². The summed E-state index contributed by atoms with van der Waals surface area (Å²) in [5, 5.41) is 2.62. The van der Waals surface area contributed by atoms with Gasteiger partial charge in [0.1, 0.15) is 5.82 Å². The smallest absolute Gasteiger partial charge is 0.264 e. The van der Waals surface area contributed by atoms with Crippen LogP contribution < -0.4 is 10.0 Å². The van der Waals surface area contributed by atoms with Crippen molar-refractivity contribution in [2.45, 2.75) is 43.0 Å². The monoisotopic (exact) mass is 404 g/mol. The minimum Gasteiger partial charge on any atom is -0.352 e. The summed E-state index contributed by atoms with van der Waals surface area (Å²) in [7, 11) is -4.04. The number of carbonyl (C=O) groups is 2. The second-order valence-corrected chi connectivity index (χ2v) is 8.61. The van der Waals surface area contributed by atoms with Crippen LogP contribution in [0.15, 0.2) is 53.4 Å². The lowest BCUT2D eigenvalue weighted by Crippen LogP contribution is -2.50. The Labute approximate surface area is 163 Å². The van der Waals surface area contributed by atoms with E-state index in [1.807, 2.05) is 0 Å². The van der Waals surface area contributed by atoms with Gasteiger partial charge in [0.15, 0.2) is 0 Å². The maximum atomic E-state index is 13.2. The summed E-state index contributed by atoms with van der Waals surface area (Å²) >= 11 is 0. The highest BCUT2D eigenvalue weighted by Gasteiger charge is 2.47. The van der Waals surface area contributed by atoms with Gasteiger partial charge in [-0.3, -0.25) is 9.59 Å². The minimum atomic E-state index is -4.04. The molecule has 2 amide bonds. The zero-order valence-electron chi connectivity index (χ0n) is 15.4. The molecule has 0 saturated heterocycles. The lowest BCUT2D eigenvalue weighted by atomic mass is 9.64. The second kappa shape index (κ2) is 7.71. The molecule has 148 valence electrons. The summed E-state index contributed by atoms with van der Waals surface area (Å²) in [6.45, 7) is 1.68. The zero-order chi connectivity index (χ0) is 20.4. The summed E-state index contributed by atoms with van der Waals surface area (Å²) in [4.78, 5) is 23.7. The van der Waals surface area contributed by atoms with Crippen LogP contribution in [0.25, 0.3) is 0 Å². The molecule has 3 rings (SSSR count). The van der Waals surface area contributed by atoms with E-state index in [0.717, 1.165) is 12.0 Å². The van der Waals surface area contributed by atoms with Gasteiger partial charge in [0.25, 0.3) is 10.0 Å². The van der Waals surface area contributed by atoms with Gasteiger partial charge in [-0.15, -0.1) is 0 Å². The van der Waals surface area contributed by atoms with Gasteiger partial charge in [-0.25, -0.2) is 17.5 Å². The Morgan fingerprint density at radius 2 is 1.64 bits per heavy atom. The summed E-state index contributed by atoms with van der Waals surface area (Å²) < 4.78 is 40.6. The molecule has 0 bridgehead atoms. The topological polar surface area (TPSA) is 92.3 Å². The summed E-state index contributed by atoms with van der Waals surface area (Å²) in [6.07, 6.45) is 1.81. The van der Waals surface area contributed by atoms with Crippen LogP contribution in [0.2, 0.25) is 0 Å². The quantitative estimate of drug-likeness (QED) is 0.773. The highest BCUT2D eigenvalue weighted by atomic mass is 32.2. The third-order valence-electron chi connectivity index (χ3n) is 5.04. The fourth-order valence-corrected chi connectivity index (χ4v) is 4.29. The Hall–Kier alpha value is -2.74. The number of halogens is 1. The van der Waals surface area contributed by atoms with Gasteiger partial charge in [-0.2, -0.15) is 0 Å². The normalized spacial score (nSPS) is 15.4. The van der Waals surface area contributed by atoms with E-state index < -0.39 is 27.2 Å². The first-order valence-electron chi connectivity index (χ1n) is 8.90. The van der Waals surface area contributed by atoms with Gasteiger partial charge in [0, 0.05) is 13.5 Å². The fraction of sp³-hybridized carbons (Fsp3) is 0.300. The molecule has 6 nitrogen and oxygen atoms in total. The van der Waals surface area contributed by atoms with E-state index >= 15 is 0 Å². The van der Waals surface area contributed by atoms with Gasteiger partial charge in [-0.1, -0.05) is 30.7 Å². The van der Waals surface area contributed by atoms with Crippen LogP contribution in [0, 0.1) is 5.82 Å². The van der Waals surface area contributed by atoms with Crippen LogP contribution in [-0.4, -0.2) is 20.2 Å². The van der Waals surface area contributed by atoms with Crippen LogP contribution in [0.3, 0.4) is 0 Å². The van der Waals surface area contributed by atoms with Gasteiger partial charge in [0.05, 0.1) is 10.3 Å². The number of hydrogen-bond acceptors (Lipinski definition) is 4. The summed E-state index contributed by atoms with van der Waals surface area (Å²) in [6, 6.07) is 11.5. The molecule has 2 aromatic carbocycles. The van der Waals surface area contributed by atoms with Crippen LogP contribution >= 0.6 is 0 Å². The molecule has 0 unspecified atom stereocenters. The van der Waals surface area contributed by atoms with E-state index in [0.29, 0.717) is 18.4 Å². The lowest BCUT2D eigenvalue weighted by molar-refractivity contribution is -0.128. The van der Waals surface area contributed by atoms with E-state index in [9.17, 15) is 22.4 Å². The Morgan fingerprint density at radius 3 is 2.14 bits per heavy atom. The molecule has 1 saturated carbocycles. The lowest BCUT2D eigenvalue weighted by Gasteiger charge is -2.40. The molecular formula is C20H21FN2O4S. The number of carbonyl (C=O) groups excluding carboxylic acids is 2. The molecule has 0 heterocycles. The molecule has 0 spiro atoms. The number of amides is 2. The molecule has 1 aliphatic carbocycles. The second-order valence-electron chi connectivity index (χ2n) is 6.93. The molecule has 0 aliphatic heterocycles. The minimum absolute atomic E-state index is 0.0407. The Kier molecular flexibility index (Phi) is 5.51. The van der Waals surface area contributed by atoms with Crippen molar-refractivity contribution in [1.29, 1.82) is 0 Å². The molecule has 1 fully saturated rings. The highest BCUT2D eigenvalue weighted by Crippen LogP contribution is 2.44. The third-order valence-corrected chi connectivity index (χ3v) is 6.39. The van der Waals surface area contributed by atoms with Gasteiger partial charge < -0.3 is 5.32 Å². The van der Waals surface area contributed by atoms with Crippen molar-refractivity contribution in [3.63, 3.8) is 0 Å². The molecular weight excluding hydrogens is 383 g/mol. The van der Waals surface area contributed by atoms with E-state index in [1.165, 1.54) is 43.3 Å². The van der Waals surface area contributed by atoms with E-state index in [1.54, 1.807) is 12.1 Å². The highest BCUT2D eigenvalue weighted by molar-refractivity contribution is 7.90. The standard InChI is InChI=1S/C20H21FN2O4S/c1-14(24)22-13-15-3-9-18(10-4-15)28(26,27)23-19(25)20(11-2-12-20)16-5-7-17(21)8-6-16/h3-10H,2,11-13H2,1H3,(H,22,24)(H,23,25). The predicted octanol–water partition coefficient (Wildman–Crippen LogP) is 2.39. The molecule has 8 heteroatoms. The van der Waals surface area contributed by atoms with E-state index in [-0.39, 0.29) is 17.3 Å². The number of benzene rings is 2. The SMILES string of the molecule is CC(=O)NCc1ccc(S(=O)(=O)NC(=O)C2(c3ccc(F)cc3)CCC2)cc1. The first kappa shape index (κ1) is 20.0. The number of nitrogens with one attached hydrogen (secondary N) is 2. The van der Waals surface area contributed by atoms with Crippen molar-refractivity contribution in [2.24, 2.45) is 0 Å². The van der Waals surface area contributed by atoms with Gasteiger partial charge in [-0.05, 0) is 48.2 Å². The first-order valence-corrected chi connectivity index (χ1v) is 10.4. The van der Waals surface area contributed by atoms with E-state index in [4.69, 9.17) is 0 Å². The van der Waals surface area contributed by atoms with Crippen molar-refractivity contribution >= 4 is 21.8 Å². The van der Waals surface area contributed by atoms with Gasteiger partial charge >= 0.3 is 0 Å². The number of rotatable bonds is 6. The van der Waals surface area contributed by atoms with Crippen molar-refractivity contribution in [2.75, 3.05) is 0 Å². The van der Waals surface area contributed by atoms with Gasteiger partial charge in [0.2, 0.25) is 11.8 Å². The van der Waals surface area contributed by atoms with Crippen LogP contribution in [0.1, 0.15) is 37.3 Å². The molecule has 0 aromatic heterocycles. The summed E-state index contributed by atoms with van der Waals surface area (Å²) in [5.41, 5.74) is 0.396. The third kappa shape index (κ3) is 4.06. The van der Waals surface area contributed by atoms with Crippen molar-refractivity contribution in [1.82, 2.24) is 10.0 Å². The average Bonchev–Trinajstić information content (AvgIpc) is 2.60. The average molecular weight is 404 g/mol. The predicted molar refractivity (Wildman–Crippen MR) is 101 cm³/mol. The molecule has 0 radical (unpaired) electrons. The molecule has 28 heavy (non-hydrogen) atoms. The Balaban J connectivity index is 1.76. The summed E-state index contributed by atoms with van der Waals surface area (Å²) in [5.74, 6) is -1.20. The Morgan fingerprint density at radius 1 is 1.04 bits per heavy atom. The largest absolute Gasteiger partial charge is 0.352 e. The number of sulfonamides is 1. The molecule has 0 atom stereocenters. The maximum absolute atomic E-state index is 13.2. The van der Waals surface area contributed by atoms with Crippen molar-refractivity contribution < 1.29 is 22.4 Å². The van der Waals surface area contributed by atoms with E-state index in [2.05, 4.69) is 10.0 Å². The van der Waals surface area contributed by atoms with Crippen molar-refractivity contribution in [3.05, 3.63) is 65.5 Å². The zero-order valence-corrected chi connectivity index (χ0v) is 16.2. The first-order chi connectivity index (χ1) is 13.2. The fourth-order valence-electron chi connectivity index (χ4n) is 3.24. The van der Waals surface area contributed by atoms with Crippen LogP contribution in [0.5, 0.6) is 0 Å². The van der Waals surface area contributed by atoms with Crippen LogP contribution in [0.4, 0.5) is 4.39 Å². The molecule has 1 aliphatic rings. The molecule has 2 N–H and O–H groups in total.